The Bertz CT molecular complexity index is 350. The van der Waals surface area contributed by atoms with Gasteiger partial charge >= 0.3 is 5.97 Å². The summed E-state index contributed by atoms with van der Waals surface area (Å²) in [7, 11) is 0. The quantitative estimate of drug-likeness (QED) is 0.607. The number of hydrogen-bond donors (Lipinski definition) is 1. The molecule has 4 heteroatoms. The number of carbonyl (C=O) groups excluding carboxylic acids is 1. The van der Waals surface area contributed by atoms with Crippen LogP contribution < -0.4 is 10.5 Å². The number of anilines is 1. The molecule has 0 radical (unpaired) electrons. The number of rotatable bonds is 4. The van der Waals surface area contributed by atoms with Crippen LogP contribution in [0.2, 0.25) is 0 Å². The fraction of sp³-hybridized carbons (Fsp3) is 0.364. The highest BCUT2D eigenvalue weighted by molar-refractivity contribution is 5.95. The predicted molar refractivity (Wildman–Crippen MR) is 58.0 cm³/mol. The van der Waals surface area contributed by atoms with E-state index in [9.17, 15) is 4.79 Å². The van der Waals surface area contributed by atoms with Crippen molar-refractivity contribution < 1.29 is 14.3 Å². The Morgan fingerprint density at radius 2 is 2.07 bits per heavy atom. The number of ether oxygens (including phenoxy) is 2. The molecule has 4 nitrogen and oxygen atoms in total. The Morgan fingerprint density at radius 3 is 2.60 bits per heavy atom. The average molecular weight is 209 g/mol. The second-order valence-electron chi connectivity index (χ2n) is 2.90. The lowest BCUT2D eigenvalue weighted by atomic mass is 10.2. The van der Waals surface area contributed by atoms with E-state index in [0.717, 1.165) is 0 Å². The molecular weight excluding hydrogens is 194 g/mol. The first-order chi connectivity index (χ1) is 7.19. The SMILES string of the molecule is CCOC(=O)c1ccc(OCC)cc1N. The van der Waals surface area contributed by atoms with Crippen molar-refractivity contribution in [1.29, 1.82) is 0 Å². The molecule has 15 heavy (non-hydrogen) atoms. The molecule has 0 saturated heterocycles. The van der Waals surface area contributed by atoms with Gasteiger partial charge in [-0.25, -0.2) is 4.79 Å². The van der Waals surface area contributed by atoms with Crippen molar-refractivity contribution in [2.45, 2.75) is 13.8 Å². The largest absolute Gasteiger partial charge is 0.494 e. The molecular formula is C11H15NO3. The molecule has 1 aromatic rings. The molecule has 0 atom stereocenters. The third kappa shape index (κ3) is 2.87. The number of nitrogen functional groups attached to an aromatic ring is 1. The number of nitrogens with two attached hydrogens (primary N) is 1. The van der Waals surface area contributed by atoms with Gasteiger partial charge in [-0.05, 0) is 26.0 Å². The van der Waals surface area contributed by atoms with Crippen molar-refractivity contribution in [3.8, 4) is 5.75 Å². The van der Waals surface area contributed by atoms with Gasteiger partial charge in [-0.2, -0.15) is 0 Å². The molecule has 0 fully saturated rings. The second-order valence-corrected chi connectivity index (χ2v) is 2.90. The zero-order valence-corrected chi connectivity index (χ0v) is 8.95. The fourth-order valence-electron chi connectivity index (χ4n) is 1.19. The van der Waals surface area contributed by atoms with Gasteiger partial charge in [-0.1, -0.05) is 0 Å². The second kappa shape index (κ2) is 5.24. The van der Waals surface area contributed by atoms with Gasteiger partial charge in [0, 0.05) is 11.8 Å². The minimum Gasteiger partial charge on any atom is -0.494 e. The zero-order valence-electron chi connectivity index (χ0n) is 8.95. The first-order valence-corrected chi connectivity index (χ1v) is 4.88. The Balaban J connectivity index is 2.87. The zero-order chi connectivity index (χ0) is 11.3. The normalized spacial score (nSPS) is 9.73. The van der Waals surface area contributed by atoms with Crippen molar-refractivity contribution in [2.24, 2.45) is 0 Å². The summed E-state index contributed by atoms with van der Waals surface area (Å²) in [5.74, 6) is 0.251. The highest BCUT2D eigenvalue weighted by Gasteiger charge is 2.10. The summed E-state index contributed by atoms with van der Waals surface area (Å²) in [6.07, 6.45) is 0. The molecule has 0 spiro atoms. The smallest absolute Gasteiger partial charge is 0.340 e. The monoisotopic (exact) mass is 209 g/mol. The molecule has 0 aliphatic rings. The Labute approximate surface area is 89.0 Å². The summed E-state index contributed by atoms with van der Waals surface area (Å²) >= 11 is 0. The predicted octanol–water partition coefficient (Wildman–Crippen LogP) is 1.84. The number of benzene rings is 1. The first-order valence-electron chi connectivity index (χ1n) is 4.88. The lowest BCUT2D eigenvalue weighted by Crippen LogP contribution is -2.08. The number of esters is 1. The molecule has 0 bridgehead atoms. The van der Waals surface area contributed by atoms with Crippen LogP contribution in [0.1, 0.15) is 24.2 Å². The van der Waals surface area contributed by atoms with Crippen LogP contribution in [0.3, 0.4) is 0 Å². The lowest BCUT2D eigenvalue weighted by molar-refractivity contribution is 0.0527. The molecule has 82 valence electrons. The van der Waals surface area contributed by atoms with Gasteiger partial charge in [-0.15, -0.1) is 0 Å². The van der Waals surface area contributed by atoms with Crippen molar-refractivity contribution in [3.05, 3.63) is 23.8 Å². The van der Waals surface area contributed by atoms with Gasteiger partial charge < -0.3 is 15.2 Å². The maximum absolute atomic E-state index is 11.4. The third-order valence-electron chi connectivity index (χ3n) is 1.83. The summed E-state index contributed by atoms with van der Waals surface area (Å²) in [6.45, 7) is 4.54. The van der Waals surface area contributed by atoms with E-state index in [1.54, 1.807) is 25.1 Å². The molecule has 0 saturated carbocycles. The van der Waals surface area contributed by atoms with Gasteiger partial charge in [0.15, 0.2) is 0 Å². The maximum Gasteiger partial charge on any atom is 0.340 e. The van der Waals surface area contributed by atoms with Crippen molar-refractivity contribution >= 4 is 11.7 Å². The van der Waals surface area contributed by atoms with Gasteiger partial charge in [0.05, 0.1) is 18.8 Å². The van der Waals surface area contributed by atoms with E-state index in [1.165, 1.54) is 0 Å². The van der Waals surface area contributed by atoms with Crippen LogP contribution in [0.25, 0.3) is 0 Å². The summed E-state index contributed by atoms with van der Waals surface area (Å²) < 4.78 is 10.1. The Kier molecular flexibility index (Phi) is 3.97. The van der Waals surface area contributed by atoms with E-state index >= 15 is 0 Å². The van der Waals surface area contributed by atoms with Crippen LogP contribution in [0.15, 0.2) is 18.2 Å². The molecule has 0 unspecified atom stereocenters. The van der Waals surface area contributed by atoms with E-state index < -0.39 is 5.97 Å². The minimum atomic E-state index is -0.405. The van der Waals surface area contributed by atoms with E-state index in [2.05, 4.69) is 0 Å². The molecule has 0 heterocycles. The summed E-state index contributed by atoms with van der Waals surface area (Å²) in [5, 5.41) is 0. The van der Waals surface area contributed by atoms with Gasteiger partial charge in [0.2, 0.25) is 0 Å². The molecule has 2 N–H and O–H groups in total. The summed E-state index contributed by atoms with van der Waals surface area (Å²) in [5.41, 5.74) is 6.45. The first kappa shape index (κ1) is 11.4. The molecule has 1 rings (SSSR count). The molecule has 0 amide bonds. The van der Waals surface area contributed by atoms with Crippen molar-refractivity contribution in [3.63, 3.8) is 0 Å². The Hall–Kier alpha value is -1.71. The average Bonchev–Trinajstić information content (AvgIpc) is 2.18. The van der Waals surface area contributed by atoms with E-state index in [0.29, 0.717) is 30.2 Å². The highest BCUT2D eigenvalue weighted by atomic mass is 16.5. The topological polar surface area (TPSA) is 61.5 Å². The van der Waals surface area contributed by atoms with Gasteiger partial charge in [-0.3, -0.25) is 0 Å². The lowest BCUT2D eigenvalue weighted by Gasteiger charge is -2.07. The van der Waals surface area contributed by atoms with Crippen LogP contribution >= 0.6 is 0 Å². The summed E-state index contributed by atoms with van der Waals surface area (Å²) in [4.78, 5) is 11.4. The van der Waals surface area contributed by atoms with Crippen molar-refractivity contribution in [2.75, 3.05) is 18.9 Å². The molecule has 1 aromatic carbocycles. The van der Waals surface area contributed by atoms with Crippen LogP contribution in [0, 0.1) is 0 Å². The molecule has 0 aromatic heterocycles. The van der Waals surface area contributed by atoms with Gasteiger partial charge in [0.25, 0.3) is 0 Å². The number of carbonyl (C=O) groups is 1. The van der Waals surface area contributed by atoms with Crippen LogP contribution in [0.5, 0.6) is 5.75 Å². The highest BCUT2D eigenvalue weighted by Crippen LogP contribution is 2.20. The van der Waals surface area contributed by atoms with Crippen molar-refractivity contribution in [1.82, 2.24) is 0 Å². The number of hydrogen-bond acceptors (Lipinski definition) is 4. The standard InChI is InChI=1S/C11H15NO3/c1-3-14-8-5-6-9(10(12)7-8)11(13)15-4-2/h5-7H,3-4,12H2,1-2H3. The summed E-state index contributed by atoms with van der Waals surface area (Å²) in [6, 6.07) is 4.93. The van der Waals surface area contributed by atoms with Crippen LogP contribution in [-0.4, -0.2) is 19.2 Å². The minimum absolute atomic E-state index is 0.339. The van der Waals surface area contributed by atoms with E-state index in [-0.39, 0.29) is 0 Å². The van der Waals surface area contributed by atoms with Crippen LogP contribution in [0.4, 0.5) is 5.69 Å². The van der Waals surface area contributed by atoms with Crippen LogP contribution in [-0.2, 0) is 4.74 Å². The fourth-order valence-corrected chi connectivity index (χ4v) is 1.19. The van der Waals surface area contributed by atoms with E-state index in [4.69, 9.17) is 15.2 Å². The molecule has 0 aliphatic heterocycles. The Morgan fingerprint density at radius 1 is 1.33 bits per heavy atom. The maximum atomic E-state index is 11.4. The molecule has 0 aliphatic carbocycles. The van der Waals surface area contributed by atoms with Gasteiger partial charge in [0.1, 0.15) is 5.75 Å². The third-order valence-corrected chi connectivity index (χ3v) is 1.83. The van der Waals surface area contributed by atoms with E-state index in [1.807, 2.05) is 6.92 Å².